The minimum atomic E-state index is -0.755. The van der Waals surface area contributed by atoms with Gasteiger partial charge in [0.2, 0.25) is 0 Å². The zero-order chi connectivity index (χ0) is 17.2. The molecular formula is C24H27Si. The van der Waals surface area contributed by atoms with Gasteiger partial charge in [0.15, 0.2) is 0 Å². The summed E-state index contributed by atoms with van der Waals surface area (Å²) in [6.45, 7) is 5.00. The van der Waals surface area contributed by atoms with Crippen LogP contribution in [0, 0.1) is 6.42 Å². The summed E-state index contributed by atoms with van der Waals surface area (Å²) in [5.74, 6) is 1.21. The molecule has 0 bridgehead atoms. The van der Waals surface area contributed by atoms with Crippen molar-refractivity contribution in [2.45, 2.75) is 43.3 Å². The molecule has 2 aliphatic carbocycles. The molecule has 0 heterocycles. The van der Waals surface area contributed by atoms with Gasteiger partial charge in [-0.25, -0.2) is 0 Å². The van der Waals surface area contributed by atoms with E-state index in [4.69, 9.17) is 0 Å². The molecule has 2 aromatic rings. The van der Waals surface area contributed by atoms with E-state index >= 15 is 0 Å². The molecule has 2 aliphatic rings. The third kappa shape index (κ3) is 3.30. The largest absolute Gasteiger partial charge is 0.0764 e. The van der Waals surface area contributed by atoms with Crippen LogP contribution in [0.4, 0.5) is 0 Å². The Labute approximate surface area is 153 Å². The molecule has 0 saturated heterocycles. The van der Waals surface area contributed by atoms with E-state index in [2.05, 4.69) is 92.3 Å². The molecule has 0 saturated carbocycles. The monoisotopic (exact) mass is 343 g/mol. The first-order valence-corrected chi connectivity index (χ1v) is 12.6. The molecule has 25 heavy (non-hydrogen) atoms. The maximum Gasteiger partial charge on any atom is 0.0352 e. The molecule has 2 aromatic carbocycles. The van der Waals surface area contributed by atoms with Gasteiger partial charge in [-0.2, -0.15) is 0 Å². The van der Waals surface area contributed by atoms with Crippen LogP contribution < -0.4 is 0 Å². The topological polar surface area (TPSA) is 0 Å². The lowest BCUT2D eigenvalue weighted by Crippen LogP contribution is -2.19. The highest BCUT2D eigenvalue weighted by Gasteiger charge is 2.29. The summed E-state index contributed by atoms with van der Waals surface area (Å²) >= 11 is 0. The summed E-state index contributed by atoms with van der Waals surface area (Å²) in [6, 6.07) is 17.8. The van der Waals surface area contributed by atoms with Gasteiger partial charge in [-0.3, -0.25) is 0 Å². The average molecular weight is 344 g/mol. The quantitative estimate of drug-likeness (QED) is 0.529. The minimum absolute atomic E-state index is 0.605. The second-order valence-corrected chi connectivity index (χ2v) is 11.0. The number of hydrogen-bond donors (Lipinski definition) is 0. The first-order chi connectivity index (χ1) is 12.2. The number of allylic oxidation sites excluding steroid dienone is 2. The predicted octanol–water partition coefficient (Wildman–Crippen LogP) is 6.45. The van der Waals surface area contributed by atoms with Crippen LogP contribution in [0.2, 0.25) is 18.6 Å². The van der Waals surface area contributed by atoms with Crippen molar-refractivity contribution in [1.29, 1.82) is 0 Å². The van der Waals surface area contributed by atoms with Gasteiger partial charge in [0.25, 0.3) is 0 Å². The number of fused-ring (bicyclic) bond motifs is 2. The van der Waals surface area contributed by atoms with Gasteiger partial charge in [0, 0.05) is 20.6 Å². The highest BCUT2D eigenvalue weighted by molar-refractivity contribution is 6.58. The standard InChI is InChI=1S/C24H27Si/c1-25(2)24(23-17-16-20-9-4-6-12-22(20)23)13-7-10-19-15-14-18-8-3-5-11-21(18)19/h3-6,8-9,11-17,19,23-25H,7,10H2,1-2H3. The van der Waals surface area contributed by atoms with E-state index in [1.165, 1.54) is 35.1 Å². The van der Waals surface area contributed by atoms with Gasteiger partial charge >= 0.3 is 0 Å². The van der Waals surface area contributed by atoms with Gasteiger partial charge in [-0.15, -0.1) is 0 Å². The summed E-state index contributed by atoms with van der Waals surface area (Å²) in [5, 5.41) is 0. The van der Waals surface area contributed by atoms with Crippen molar-refractivity contribution < 1.29 is 0 Å². The predicted molar refractivity (Wildman–Crippen MR) is 113 cm³/mol. The fraction of sp³-hybridized carbons (Fsp3) is 0.292. The van der Waals surface area contributed by atoms with Gasteiger partial charge in [-0.05, 0) is 47.1 Å². The zero-order valence-corrected chi connectivity index (χ0v) is 16.4. The van der Waals surface area contributed by atoms with Crippen molar-refractivity contribution in [1.82, 2.24) is 0 Å². The second kappa shape index (κ2) is 7.17. The molecule has 0 nitrogen and oxygen atoms in total. The average Bonchev–Trinajstić information content (AvgIpc) is 3.23. The minimum Gasteiger partial charge on any atom is -0.0764 e. The Morgan fingerprint density at radius 1 is 0.880 bits per heavy atom. The molecule has 0 fully saturated rings. The third-order valence-corrected chi connectivity index (χ3v) is 8.07. The Morgan fingerprint density at radius 3 is 2.28 bits per heavy atom. The van der Waals surface area contributed by atoms with Crippen molar-refractivity contribution in [3.63, 3.8) is 0 Å². The molecule has 4 rings (SSSR count). The molecule has 0 amide bonds. The van der Waals surface area contributed by atoms with Gasteiger partial charge in [0.1, 0.15) is 0 Å². The van der Waals surface area contributed by atoms with E-state index in [9.17, 15) is 0 Å². The highest BCUT2D eigenvalue weighted by atomic mass is 28.3. The van der Waals surface area contributed by atoms with Gasteiger partial charge in [-0.1, -0.05) is 85.9 Å². The van der Waals surface area contributed by atoms with E-state index in [0.29, 0.717) is 11.8 Å². The van der Waals surface area contributed by atoms with Crippen molar-refractivity contribution in [2.24, 2.45) is 0 Å². The van der Waals surface area contributed by atoms with Crippen molar-refractivity contribution in [3.8, 4) is 0 Å². The van der Waals surface area contributed by atoms with E-state index in [-0.39, 0.29) is 0 Å². The summed E-state index contributed by atoms with van der Waals surface area (Å²) < 4.78 is 0. The number of benzene rings is 2. The molecule has 0 spiro atoms. The first kappa shape index (κ1) is 16.6. The highest BCUT2D eigenvalue weighted by Crippen LogP contribution is 2.43. The van der Waals surface area contributed by atoms with Crippen LogP contribution in [0.3, 0.4) is 0 Å². The van der Waals surface area contributed by atoms with Crippen molar-refractivity contribution in [2.75, 3.05) is 0 Å². The van der Waals surface area contributed by atoms with E-state index in [1.54, 1.807) is 0 Å². The van der Waals surface area contributed by atoms with E-state index in [1.807, 2.05) is 0 Å². The Bertz CT molecular complexity index is 799. The number of hydrogen-bond acceptors (Lipinski definition) is 0. The van der Waals surface area contributed by atoms with Crippen LogP contribution in [0.1, 0.15) is 46.9 Å². The van der Waals surface area contributed by atoms with Crippen molar-refractivity contribution >= 4 is 20.9 Å². The molecule has 127 valence electrons. The molecule has 1 radical (unpaired) electrons. The normalized spacial score (nSPS) is 21.6. The van der Waals surface area contributed by atoms with Crippen LogP contribution in [-0.2, 0) is 0 Å². The Morgan fingerprint density at radius 2 is 1.52 bits per heavy atom. The van der Waals surface area contributed by atoms with Crippen LogP contribution in [0.25, 0.3) is 12.2 Å². The van der Waals surface area contributed by atoms with Crippen LogP contribution >= 0.6 is 0 Å². The van der Waals surface area contributed by atoms with Crippen LogP contribution in [0.5, 0.6) is 0 Å². The van der Waals surface area contributed by atoms with Gasteiger partial charge in [0.05, 0.1) is 0 Å². The molecular weight excluding hydrogens is 316 g/mol. The van der Waals surface area contributed by atoms with E-state index < -0.39 is 8.80 Å². The smallest absolute Gasteiger partial charge is 0.0352 e. The Kier molecular flexibility index (Phi) is 4.76. The van der Waals surface area contributed by atoms with Crippen molar-refractivity contribution in [3.05, 3.63) is 89.4 Å². The summed E-state index contributed by atoms with van der Waals surface area (Å²) in [5.41, 5.74) is 6.64. The molecule has 0 aliphatic heterocycles. The molecule has 3 unspecified atom stereocenters. The summed E-state index contributed by atoms with van der Waals surface area (Å²) in [6.07, 6.45) is 14.6. The van der Waals surface area contributed by atoms with Crippen LogP contribution in [-0.4, -0.2) is 8.80 Å². The Balaban J connectivity index is 1.41. The zero-order valence-electron chi connectivity index (χ0n) is 15.2. The SMILES string of the molecule is C[SiH](C)C([CH]CCC1C=Cc2ccccc21)C1C=Cc2ccccc21. The maximum atomic E-state index is 2.66. The molecule has 3 atom stereocenters. The fourth-order valence-corrected chi connectivity index (χ4v) is 6.39. The lowest BCUT2D eigenvalue weighted by molar-refractivity contribution is 0.686. The number of rotatable bonds is 6. The lowest BCUT2D eigenvalue weighted by Gasteiger charge is -2.27. The van der Waals surface area contributed by atoms with E-state index in [0.717, 1.165) is 5.54 Å². The second-order valence-electron chi connectivity index (χ2n) is 7.74. The molecule has 0 aromatic heterocycles. The fourth-order valence-electron chi connectivity index (χ4n) is 4.49. The summed E-state index contributed by atoms with van der Waals surface area (Å²) in [7, 11) is -0.755. The lowest BCUT2D eigenvalue weighted by atomic mass is 9.91. The first-order valence-electron chi connectivity index (χ1n) is 9.61. The molecule has 0 N–H and O–H groups in total. The maximum absolute atomic E-state index is 2.66. The Hall–Kier alpha value is -1.86. The van der Waals surface area contributed by atoms with Crippen LogP contribution in [0.15, 0.2) is 60.7 Å². The third-order valence-electron chi connectivity index (χ3n) is 5.84. The summed E-state index contributed by atoms with van der Waals surface area (Å²) in [4.78, 5) is 0. The molecule has 1 heteroatoms. The van der Waals surface area contributed by atoms with Gasteiger partial charge < -0.3 is 0 Å².